The highest BCUT2D eigenvalue weighted by Crippen LogP contribution is 2.35. The first-order chi connectivity index (χ1) is 17.8. The molecule has 0 aliphatic heterocycles. The van der Waals surface area contributed by atoms with Crippen LogP contribution in [-0.4, -0.2) is 39.1 Å². The number of nitrogens with zero attached hydrogens (tertiary/aromatic N) is 2. The number of carbonyl (C=O) groups is 2. The summed E-state index contributed by atoms with van der Waals surface area (Å²) >= 11 is 0. The summed E-state index contributed by atoms with van der Waals surface area (Å²) in [6.07, 6.45) is 1.03. The monoisotopic (exact) mass is 500 g/mol. The number of pyridine rings is 1. The van der Waals surface area contributed by atoms with Gasteiger partial charge in [0.05, 0.1) is 22.9 Å². The van der Waals surface area contributed by atoms with E-state index in [1.807, 2.05) is 57.2 Å². The molecule has 0 unspecified atom stereocenters. The molecule has 0 bridgehead atoms. The van der Waals surface area contributed by atoms with E-state index in [9.17, 15) is 14.7 Å². The molecule has 0 fully saturated rings. The quantitative estimate of drug-likeness (QED) is 0.305. The minimum Gasteiger partial charge on any atom is -0.508 e. The zero-order valence-electron chi connectivity index (χ0n) is 21.5. The highest BCUT2D eigenvalue weighted by molar-refractivity contribution is 6.07. The van der Waals surface area contributed by atoms with Gasteiger partial charge in [0.1, 0.15) is 11.4 Å². The Balaban J connectivity index is 1.67. The van der Waals surface area contributed by atoms with Gasteiger partial charge >= 0.3 is 0 Å². The van der Waals surface area contributed by atoms with E-state index in [0.717, 1.165) is 5.56 Å². The molecule has 0 aliphatic carbocycles. The predicted molar refractivity (Wildman–Crippen MR) is 144 cm³/mol. The Morgan fingerprint density at radius 2 is 1.76 bits per heavy atom. The number of hydrogen-bond donors (Lipinski definition) is 3. The number of ether oxygens (including phenoxy) is 1. The van der Waals surface area contributed by atoms with Gasteiger partial charge in [-0.2, -0.15) is 0 Å². The number of phenolic OH excluding ortho intramolecular Hbond substituents is 1. The third kappa shape index (κ3) is 5.74. The van der Waals surface area contributed by atoms with Crippen molar-refractivity contribution in [2.24, 2.45) is 7.05 Å². The van der Waals surface area contributed by atoms with Crippen LogP contribution in [0, 0.1) is 0 Å². The zero-order valence-corrected chi connectivity index (χ0v) is 21.5. The molecule has 8 nitrogen and oxygen atoms in total. The molecule has 2 amide bonds. The number of carbonyl (C=O) groups excluding carboxylic acids is 2. The number of aromatic nitrogens is 2. The highest BCUT2D eigenvalue weighted by Gasteiger charge is 2.26. The second-order valence-electron chi connectivity index (χ2n) is 9.10. The molecule has 0 saturated heterocycles. The number of amides is 2. The molecule has 37 heavy (non-hydrogen) atoms. The Bertz CT molecular complexity index is 1410. The van der Waals surface area contributed by atoms with E-state index < -0.39 is 0 Å². The maximum absolute atomic E-state index is 13.3. The summed E-state index contributed by atoms with van der Waals surface area (Å²) in [6, 6.07) is 17.7. The molecule has 192 valence electrons. The van der Waals surface area contributed by atoms with Crippen molar-refractivity contribution < 1.29 is 19.4 Å². The van der Waals surface area contributed by atoms with Crippen LogP contribution >= 0.6 is 0 Å². The fourth-order valence-corrected chi connectivity index (χ4v) is 4.19. The van der Waals surface area contributed by atoms with Crippen LogP contribution in [0.1, 0.15) is 52.9 Å². The van der Waals surface area contributed by atoms with Crippen molar-refractivity contribution in [1.82, 2.24) is 14.9 Å². The Hall–Kier alpha value is -4.33. The van der Waals surface area contributed by atoms with Gasteiger partial charge in [0.2, 0.25) is 0 Å². The van der Waals surface area contributed by atoms with Crippen molar-refractivity contribution in [3.05, 3.63) is 83.2 Å². The smallest absolute Gasteiger partial charge is 0.271 e. The van der Waals surface area contributed by atoms with Gasteiger partial charge in [-0.25, -0.2) is 4.98 Å². The number of hydrogen-bond acceptors (Lipinski definition) is 5. The number of aryl methyl sites for hydroxylation is 2. The van der Waals surface area contributed by atoms with Crippen molar-refractivity contribution >= 4 is 28.5 Å². The predicted octanol–water partition coefficient (Wildman–Crippen LogP) is 4.85. The molecule has 2 heterocycles. The largest absolute Gasteiger partial charge is 0.508 e. The molecule has 3 N–H and O–H groups in total. The third-order valence-corrected chi connectivity index (χ3v) is 6.02. The molecular formula is C29H32N4O4. The van der Waals surface area contributed by atoms with E-state index >= 15 is 0 Å². The number of anilines is 1. The SMILES string of the molecule is CCc1nc2c(cc1NC(=O)c1ccccc1)c(OC(C)C)c(C(=O)NCCc1ccc(O)cc1)n2C. The van der Waals surface area contributed by atoms with Gasteiger partial charge in [-0.15, -0.1) is 0 Å². The van der Waals surface area contributed by atoms with Crippen molar-refractivity contribution in [2.45, 2.75) is 39.7 Å². The lowest BCUT2D eigenvalue weighted by Crippen LogP contribution is -2.28. The number of fused-ring (bicyclic) bond motifs is 1. The molecular weight excluding hydrogens is 468 g/mol. The molecule has 0 spiro atoms. The average Bonchev–Trinajstić information content (AvgIpc) is 3.14. The molecule has 4 rings (SSSR count). The van der Waals surface area contributed by atoms with Crippen LogP contribution in [0.3, 0.4) is 0 Å². The zero-order chi connectivity index (χ0) is 26.5. The van der Waals surface area contributed by atoms with E-state index in [4.69, 9.17) is 9.72 Å². The van der Waals surface area contributed by atoms with Crippen LogP contribution < -0.4 is 15.4 Å². The normalized spacial score (nSPS) is 11.1. The topological polar surface area (TPSA) is 105 Å². The van der Waals surface area contributed by atoms with Crippen molar-refractivity contribution in [2.75, 3.05) is 11.9 Å². The molecule has 0 atom stereocenters. The Morgan fingerprint density at radius 1 is 1.05 bits per heavy atom. The number of aromatic hydroxyl groups is 1. The van der Waals surface area contributed by atoms with E-state index in [0.29, 0.717) is 58.8 Å². The van der Waals surface area contributed by atoms with Gasteiger partial charge < -0.3 is 25.0 Å². The van der Waals surface area contributed by atoms with Crippen molar-refractivity contribution in [3.8, 4) is 11.5 Å². The maximum Gasteiger partial charge on any atom is 0.271 e. The Morgan fingerprint density at radius 3 is 2.41 bits per heavy atom. The summed E-state index contributed by atoms with van der Waals surface area (Å²) in [5.41, 5.74) is 3.83. The van der Waals surface area contributed by atoms with Crippen LogP contribution in [0.25, 0.3) is 11.0 Å². The van der Waals surface area contributed by atoms with Crippen LogP contribution in [0.4, 0.5) is 5.69 Å². The van der Waals surface area contributed by atoms with Crippen LogP contribution in [0.2, 0.25) is 0 Å². The Kier molecular flexibility index (Phi) is 7.77. The van der Waals surface area contributed by atoms with Gasteiger partial charge in [-0.05, 0) is 62.6 Å². The van der Waals surface area contributed by atoms with Crippen LogP contribution in [-0.2, 0) is 19.9 Å². The molecule has 2 aromatic heterocycles. The van der Waals surface area contributed by atoms with Crippen molar-refractivity contribution in [1.29, 1.82) is 0 Å². The molecule has 4 aromatic rings. The molecule has 2 aromatic carbocycles. The molecule has 0 aliphatic rings. The summed E-state index contributed by atoms with van der Waals surface area (Å²) in [5, 5.41) is 16.1. The lowest BCUT2D eigenvalue weighted by atomic mass is 10.1. The molecule has 0 radical (unpaired) electrons. The first-order valence-corrected chi connectivity index (χ1v) is 12.4. The first-order valence-electron chi connectivity index (χ1n) is 12.4. The second-order valence-corrected chi connectivity index (χ2v) is 9.10. The maximum atomic E-state index is 13.3. The number of nitrogens with one attached hydrogen (secondary N) is 2. The van der Waals surface area contributed by atoms with Gasteiger partial charge in [0, 0.05) is 19.2 Å². The van der Waals surface area contributed by atoms with Gasteiger partial charge in [0.25, 0.3) is 11.8 Å². The standard InChI is InChI=1S/C29H32N4O4/c1-5-23-24(32-28(35)20-9-7-6-8-10-20)17-22-26(37-18(2)3)25(33(4)27(22)31-23)29(36)30-16-15-19-11-13-21(34)14-12-19/h6-14,17-18,34H,5,15-16H2,1-4H3,(H,30,36)(H,32,35). The van der Waals surface area contributed by atoms with E-state index in [1.54, 1.807) is 35.9 Å². The molecule has 0 saturated carbocycles. The lowest BCUT2D eigenvalue weighted by molar-refractivity contribution is 0.0939. The summed E-state index contributed by atoms with van der Waals surface area (Å²) in [7, 11) is 1.79. The lowest BCUT2D eigenvalue weighted by Gasteiger charge is -2.13. The fraction of sp³-hybridized carbons (Fsp3) is 0.276. The summed E-state index contributed by atoms with van der Waals surface area (Å²) < 4.78 is 7.88. The average molecular weight is 501 g/mol. The second kappa shape index (κ2) is 11.2. The van der Waals surface area contributed by atoms with Gasteiger partial charge in [-0.1, -0.05) is 37.3 Å². The highest BCUT2D eigenvalue weighted by atomic mass is 16.5. The molecule has 8 heteroatoms. The third-order valence-electron chi connectivity index (χ3n) is 6.02. The fourth-order valence-electron chi connectivity index (χ4n) is 4.19. The number of benzene rings is 2. The van der Waals surface area contributed by atoms with Crippen LogP contribution in [0.5, 0.6) is 11.5 Å². The minimum absolute atomic E-state index is 0.178. The number of phenols is 1. The van der Waals surface area contributed by atoms with Gasteiger partial charge in [-0.3, -0.25) is 9.59 Å². The van der Waals surface area contributed by atoms with E-state index in [-0.39, 0.29) is 23.7 Å². The van der Waals surface area contributed by atoms with Gasteiger partial charge in [0.15, 0.2) is 11.4 Å². The summed E-state index contributed by atoms with van der Waals surface area (Å²) in [6.45, 7) is 6.19. The summed E-state index contributed by atoms with van der Waals surface area (Å²) in [4.78, 5) is 31.0. The van der Waals surface area contributed by atoms with E-state index in [1.165, 1.54) is 0 Å². The summed E-state index contributed by atoms with van der Waals surface area (Å²) in [5.74, 6) is 0.130. The van der Waals surface area contributed by atoms with Crippen LogP contribution in [0.15, 0.2) is 60.7 Å². The minimum atomic E-state index is -0.275. The Labute approximate surface area is 216 Å². The van der Waals surface area contributed by atoms with E-state index in [2.05, 4.69) is 10.6 Å². The number of rotatable bonds is 9. The van der Waals surface area contributed by atoms with Crippen molar-refractivity contribution in [3.63, 3.8) is 0 Å². The first kappa shape index (κ1) is 25.8.